The maximum absolute atomic E-state index is 7.31. The number of ether oxygens (including phenoxy) is 3. The third kappa shape index (κ3) is 4.31. The summed E-state index contributed by atoms with van der Waals surface area (Å²) in [5.41, 5.74) is -1.25. The van der Waals surface area contributed by atoms with Crippen LogP contribution in [0.4, 0.5) is 0 Å². The quantitative estimate of drug-likeness (QED) is 0.229. The number of rotatable bonds is 6. The summed E-state index contributed by atoms with van der Waals surface area (Å²) in [5.74, 6) is 3.65. The zero-order valence-electron chi connectivity index (χ0n) is 28.1. The maximum Gasteiger partial charge on any atom is 0.136 e. The molecule has 4 aliphatic carbocycles. The van der Waals surface area contributed by atoms with Crippen molar-refractivity contribution in [2.24, 2.45) is 47.3 Å². The lowest BCUT2D eigenvalue weighted by atomic mass is 9.55. The molecule has 4 saturated carbocycles. The van der Waals surface area contributed by atoms with Crippen LogP contribution in [-0.4, -0.2) is 59.5 Å². The Bertz CT molecular complexity index is 1120. The Kier molecular flexibility index (Phi) is 7.51. The van der Waals surface area contributed by atoms with Crippen LogP contribution in [0, 0.1) is 47.3 Å². The van der Waals surface area contributed by atoms with Gasteiger partial charge in [0.2, 0.25) is 0 Å². The van der Waals surface area contributed by atoms with Crippen molar-refractivity contribution in [2.45, 2.75) is 165 Å². The van der Waals surface area contributed by atoms with Gasteiger partial charge in [0, 0.05) is 19.3 Å². The van der Waals surface area contributed by atoms with Crippen molar-refractivity contribution in [2.75, 3.05) is 6.61 Å². The summed E-state index contributed by atoms with van der Waals surface area (Å²) < 4.78 is 21.3. The molecule has 1 unspecified atom stereocenters. The summed E-state index contributed by atoms with van der Waals surface area (Å²) in [6.45, 7) is 18.6. The Labute approximate surface area is 265 Å². The first-order valence-electron chi connectivity index (χ1n) is 18.3. The molecule has 0 aromatic heterocycles. The molecule has 0 aromatic rings. The zero-order valence-corrected chi connectivity index (χ0v) is 28.1. The van der Waals surface area contributed by atoms with Crippen LogP contribution in [-0.2, 0) is 33.8 Å². The molecule has 17 atom stereocenters. The molecule has 2 spiro atoms. The van der Waals surface area contributed by atoms with E-state index in [4.69, 9.17) is 33.8 Å². The van der Waals surface area contributed by atoms with Gasteiger partial charge < -0.3 is 14.2 Å². The van der Waals surface area contributed by atoms with Crippen LogP contribution in [0.5, 0.6) is 0 Å². The van der Waals surface area contributed by atoms with Gasteiger partial charge in [-0.3, -0.25) is 0 Å². The van der Waals surface area contributed by atoms with Crippen LogP contribution < -0.4 is 0 Å². The van der Waals surface area contributed by atoms with Crippen LogP contribution >= 0.6 is 0 Å². The second-order valence-corrected chi connectivity index (χ2v) is 17.3. The molecule has 10 fully saturated rings. The number of fused-ring (bicyclic) bond motifs is 4. The molecule has 44 heavy (non-hydrogen) atoms. The average Bonchev–Trinajstić information content (AvgIpc) is 3.37. The van der Waals surface area contributed by atoms with Crippen molar-refractivity contribution in [1.82, 2.24) is 0 Å². The first-order valence-corrected chi connectivity index (χ1v) is 18.3. The van der Waals surface area contributed by atoms with E-state index >= 15 is 0 Å². The lowest BCUT2D eigenvalue weighted by Crippen LogP contribution is -2.71. The zero-order chi connectivity index (χ0) is 30.6. The van der Waals surface area contributed by atoms with Crippen molar-refractivity contribution in [3.8, 4) is 0 Å². The molecule has 10 aliphatic rings. The molecular weight excluding hydrogens is 556 g/mol. The van der Waals surface area contributed by atoms with E-state index in [0.29, 0.717) is 48.0 Å². The molecule has 6 saturated heterocycles. The van der Waals surface area contributed by atoms with Crippen LogP contribution in [0.1, 0.15) is 112 Å². The van der Waals surface area contributed by atoms with E-state index in [-0.39, 0.29) is 58.8 Å². The SMILES string of the molecule is C=CCO[C@@H](C[C@H]1O[C@@H]2C[C@@]3(C)CC[C@H]4[C@H](C)CC[C@@H]([C@H]1C)[C@@]24OO3)C1O[C@@H]2C[C@@]3(C)CC[C@H]4[C@H](C)CC[C@@H]([C@H]1C)[C@@]24OO3. The molecule has 0 N–H and O–H groups in total. The van der Waals surface area contributed by atoms with Gasteiger partial charge in [0.05, 0.1) is 37.1 Å². The highest BCUT2D eigenvalue weighted by molar-refractivity contribution is 5.16. The van der Waals surface area contributed by atoms with Crippen LogP contribution in [0.25, 0.3) is 0 Å². The van der Waals surface area contributed by atoms with Gasteiger partial charge in [-0.15, -0.1) is 6.58 Å². The maximum atomic E-state index is 7.31. The molecule has 7 nitrogen and oxygen atoms in total. The Balaban J connectivity index is 1.10. The monoisotopic (exact) mass is 614 g/mol. The molecule has 248 valence electrons. The van der Waals surface area contributed by atoms with Crippen LogP contribution in [0.15, 0.2) is 12.7 Å². The number of hydrogen-bond acceptors (Lipinski definition) is 7. The predicted octanol–water partition coefficient (Wildman–Crippen LogP) is 7.37. The van der Waals surface area contributed by atoms with Gasteiger partial charge in [-0.05, 0) is 113 Å². The smallest absolute Gasteiger partial charge is 0.136 e. The molecule has 0 aromatic carbocycles. The second kappa shape index (κ2) is 10.7. The second-order valence-electron chi connectivity index (χ2n) is 17.3. The minimum Gasteiger partial charge on any atom is -0.371 e. The standard InChI is InChI=1S/C37H58O7/c1-8-17-38-30(33-24(5)28-12-10-22(3)26-14-16-35(7)20-32(40-33)37(26,28)44-42-35)18-29-23(4)27-11-9-21(2)25-13-15-34(6)19-31(39-29)36(25,27)43-41-34/h8,21-33H,1,9-20H2,2-7H3/t21-,22-,23-,24-,25+,26+,27+,28+,29-,30+,31-,32-,33?,34-,35-,36-,37-/m1/s1. The molecule has 0 amide bonds. The van der Waals surface area contributed by atoms with E-state index in [1.165, 1.54) is 25.7 Å². The first-order chi connectivity index (χ1) is 21.0. The van der Waals surface area contributed by atoms with Crippen LogP contribution in [0.2, 0.25) is 0 Å². The Morgan fingerprint density at radius 1 is 0.705 bits per heavy atom. The highest BCUT2D eigenvalue weighted by Gasteiger charge is 2.70. The van der Waals surface area contributed by atoms with Crippen molar-refractivity contribution < 1.29 is 33.8 Å². The van der Waals surface area contributed by atoms with Gasteiger partial charge in [0.15, 0.2) is 0 Å². The van der Waals surface area contributed by atoms with Crippen molar-refractivity contribution >= 4 is 0 Å². The summed E-state index contributed by atoms with van der Waals surface area (Å²) in [5, 5.41) is 0. The first kappa shape index (κ1) is 30.8. The summed E-state index contributed by atoms with van der Waals surface area (Å²) in [6.07, 6.45) is 13.8. The molecule has 6 aliphatic heterocycles. The fourth-order valence-electron chi connectivity index (χ4n) is 12.4. The predicted molar refractivity (Wildman–Crippen MR) is 165 cm³/mol. The van der Waals surface area contributed by atoms with Gasteiger partial charge in [-0.1, -0.05) is 33.8 Å². The Morgan fingerprint density at radius 2 is 1.25 bits per heavy atom. The fourth-order valence-corrected chi connectivity index (χ4v) is 12.4. The number of hydrogen-bond donors (Lipinski definition) is 0. The van der Waals surface area contributed by atoms with Gasteiger partial charge in [-0.25, -0.2) is 19.6 Å². The fraction of sp³-hybridized carbons (Fsp3) is 0.946. The van der Waals surface area contributed by atoms with E-state index in [1.54, 1.807) is 0 Å². The molecule has 0 radical (unpaired) electrons. The lowest BCUT2D eigenvalue weighted by molar-refractivity contribution is -0.491. The third-order valence-electron chi connectivity index (χ3n) is 14.8. The van der Waals surface area contributed by atoms with E-state index in [2.05, 4.69) is 48.1 Å². The van der Waals surface area contributed by atoms with E-state index < -0.39 is 0 Å². The van der Waals surface area contributed by atoms with E-state index in [9.17, 15) is 0 Å². The largest absolute Gasteiger partial charge is 0.371 e. The summed E-state index contributed by atoms with van der Waals surface area (Å²) in [7, 11) is 0. The van der Waals surface area contributed by atoms with Crippen molar-refractivity contribution in [1.29, 1.82) is 0 Å². The molecule has 6 heterocycles. The molecule has 4 bridgehead atoms. The summed E-state index contributed by atoms with van der Waals surface area (Å²) in [4.78, 5) is 25.7. The minimum atomic E-state index is -0.353. The third-order valence-corrected chi connectivity index (χ3v) is 14.8. The Morgan fingerprint density at radius 3 is 1.82 bits per heavy atom. The summed E-state index contributed by atoms with van der Waals surface area (Å²) in [6, 6.07) is 0. The van der Waals surface area contributed by atoms with Crippen molar-refractivity contribution in [3.05, 3.63) is 12.7 Å². The van der Waals surface area contributed by atoms with Gasteiger partial charge in [-0.2, -0.15) is 0 Å². The van der Waals surface area contributed by atoms with E-state index in [0.717, 1.165) is 44.9 Å². The van der Waals surface area contributed by atoms with Crippen LogP contribution in [0.3, 0.4) is 0 Å². The normalized spacial score (nSPS) is 58.3. The Hall–Kier alpha value is -0.540. The highest BCUT2D eigenvalue weighted by atomic mass is 17.2. The molecule has 7 heteroatoms. The van der Waals surface area contributed by atoms with E-state index in [1.807, 2.05) is 6.08 Å². The molecular formula is C37H58O7. The average molecular weight is 615 g/mol. The van der Waals surface area contributed by atoms with Gasteiger partial charge >= 0.3 is 0 Å². The summed E-state index contributed by atoms with van der Waals surface area (Å²) >= 11 is 0. The van der Waals surface area contributed by atoms with Crippen molar-refractivity contribution in [3.63, 3.8) is 0 Å². The van der Waals surface area contributed by atoms with Gasteiger partial charge in [0.25, 0.3) is 0 Å². The molecule has 10 rings (SSSR count). The van der Waals surface area contributed by atoms with Gasteiger partial charge in [0.1, 0.15) is 22.4 Å². The highest BCUT2D eigenvalue weighted by Crippen LogP contribution is 2.64. The topological polar surface area (TPSA) is 64.6 Å². The lowest BCUT2D eigenvalue weighted by Gasteiger charge is -2.63. The minimum absolute atomic E-state index is 0.0224.